The summed E-state index contributed by atoms with van der Waals surface area (Å²) in [5, 5.41) is 3.23. The minimum atomic E-state index is -0.133. The molecule has 1 aromatic carbocycles. The molecule has 0 aliphatic carbocycles. The average molecular weight is 321 g/mol. The SMILES string of the molecule is CC(C)(C)c1nc(N)cc(Nc2ccc(Br)cc2)n1. The van der Waals surface area contributed by atoms with Crippen molar-refractivity contribution in [2.45, 2.75) is 26.2 Å². The van der Waals surface area contributed by atoms with Crippen LogP contribution in [0, 0.1) is 0 Å². The molecule has 4 nitrogen and oxygen atoms in total. The van der Waals surface area contributed by atoms with Crippen molar-refractivity contribution in [2.24, 2.45) is 0 Å². The highest BCUT2D eigenvalue weighted by Gasteiger charge is 2.18. The van der Waals surface area contributed by atoms with Crippen LogP contribution in [0.15, 0.2) is 34.8 Å². The maximum Gasteiger partial charge on any atom is 0.138 e. The van der Waals surface area contributed by atoms with Crippen molar-refractivity contribution in [3.05, 3.63) is 40.6 Å². The summed E-state index contributed by atoms with van der Waals surface area (Å²) in [6.07, 6.45) is 0. The predicted octanol–water partition coefficient (Wildman–Crippen LogP) is 3.86. The smallest absolute Gasteiger partial charge is 0.138 e. The number of hydrogen-bond acceptors (Lipinski definition) is 4. The van der Waals surface area contributed by atoms with Gasteiger partial charge < -0.3 is 11.1 Å². The Morgan fingerprint density at radius 3 is 2.32 bits per heavy atom. The van der Waals surface area contributed by atoms with Gasteiger partial charge >= 0.3 is 0 Å². The molecule has 0 radical (unpaired) electrons. The molecular formula is C14H17BrN4. The number of aromatic nitrogens is 2. The topological polar surface area (TPSA) is 63.8 Å². The molecule has 2 aromatic rings. The fourth-order valence-electron chi connectivity index (χ4n) is 1.55. The quantitative estimate of drug-likeness (QED) is 0.881. The summed E-state index contributed by atoms with van der Waals surface area (Å²) >= 11 is 3.41. The van der Waals surface area contributed by atoms with E-state index in [0.717, 1.165) is 16.0 Å². The van der Waals surface area contributed by atoms with Gasteiger partial charge in [-0.05, 0) is 24.3 Å². The molecule has 0 saturated heterocycles. The number of nitrogens with zero attached hydrogens (tertiary/aromatic N) is 2. The Balaban J connectivity index is 2.30. The number of hydrogen-bond donors (Lipinski definition) is 2. The molecule has 2 rings (SSSR count). The van der Waals surface area contributed by atoms with Gasteiger partial charge in [0.1, 0.15) is 17.5 Å². The highest BCUT2D eigenvalue weighted by Crippen LogP contribution is 2.23. The largest absolute Gasteiger partial charge is 0.384 e. The van der Waals surface area contributed by atoms with Crippen molar-refractivity contribution in [3.63, 3.8) is 0 Å². The van der Waals surface area contributed by atoms with Gasteiger partial charge in [-0.1, -0.05) is 36.7 Å². The molecule has 1 aromatic heterocycles. The second kappa shape index (κ2) is 5.17. The van der Waals surface area contributed by atoms with Gasteiger partial charge in [0.15, 0.2) is 0 Å². The third kappa shape index (κ3) is 3.67. The van der Waals surface area contributed by atoms with Gasteiger partial charge in [0, 0.05) is 21.6 Å². The lowest BCUT2D eigenvalue weighted by molar-refractivity contribution is 0.547. The van der Waals surface area contributed by atoms with Crippen LogP contribution in [-0.4, -0.2) is 9.97 Å². The molecule has 0 atom stereocenters. The Labute approximate surface area is 121 Å². The van der Waals surface area contributed by atoms with E-state index in [4.69, 9.17) is 5.73 Å². The van der Waals surface area contributed by atoms with E-state index in [2.05, 4.69) is 52.0 Å². The molecule has 0 bridgehead atoms. The minimum Gasteiger partial charge on any atom is -0.384 e. The zero-order valence-electron chi connectivity index (χ0n) is 11.2. The molecule has 100 valence electrons. The van der Waals surface area contributed by atoms with Crippen LogP contribution in [0.25, 0.3) is 0 Å². The number of nitrogen functional groups attached to an aromatic ring is 1. The third-order valence-corrected chi connectivity index (χ3v) is 3.06. The normalized spacial score (nSPS) is 11.4. The van der Waals surface area contributed by atoms with Gasteiger partial charge in [-0.3, -0.25) is 0 Å². The van der Waals surface area contributed by atoms with Crippen LogP contribution in [0.1, 0.15) is 26.6 Å². The second-order valence-corrected chi connectivity index (χ2v) is 6.30. The van der Waals surface area contributed by atoms with Gasteiger partial charge in [0.25, 0.3) is 0 Å². The number of benzene rings is 1. The van der Waals surface area contributed by atoms with Crippen molar-refractivity contribution in [2.75, 3.05) is 11.1 Å². The first kappa shape index (κ1) is 13.8. The summed E-state index contributed by atoms with van der Waals surface area (Å²) in [7, 11) is 0. The van der Waals surface area contributed by atoms with Crippen LogP contribution in [0.3, 0.4) is 0 Å². The number of rotatable bonds is 2. The van der Waals surface area contributed by atoms with Crippen LogP contribution in [0.4, 0.5) is 17.3 Å². The first-order chi connectivity index (χ1) is 8.84. The predicted molar refractivity (Wildman–Crippen MR) is 82.6 cm³/mol. The van der Waals surface area contributed by atoms with E-state index in [1.165, 1.54) is 0 Å². The number of halogens is 1. The fraction of sp³-hybridized carbons (Fsp3) is 0.286. The molecule has 0 aliphatic rings. The van der Waals surface area contributed by atoms with Crippen molar-refractivity contribution in [1.29, 1.82) is 0 Å². The van der Waals surface area contributed by atoms with Crippen LogP contribution in [-0.2, 0) is 5.41 Å². The van der Waals surface area contributed by atoms with E-state index >= 15 is 0 Å². The van der Waals surface area contributed by atoms with Crippen molar-refractivity contribution in [3.8, 4) is 0 Å². The molecule has 0 aliphatic heterocycles. The highest BCUT2D eigenvalue weighted by atomic mass is 79.9. The van der Waals surface area contributed by atoms with E-state index in [0.29, 0.717) is 11.6 Å². The second-order valence-electron chi connectivity index (χ2n) is 5.38. The average Bonchev–Trinajstić information content (AvgIpc) is 2.30. The summed E-state index contributed by atoms with van der Waals surface area (Å²) in [5.74, 6) is 1.91. The molecule has 0 unspecified atom stereocenters. The Morgan fingerprint density at radius 1 is 1.11 bits per heavy atom. The molecule has 3 N–H and O–H groups in total. The van der Waals surface area contributed by atoms with E-state index in [1.54, 1.807) is 6.07 Å². The van der Waals surface area contributed by atoms with Gasteiger partial charge in [0.05, 0.1) is 0 Å². The zero-order chi connectivity index (χ0) is 14.0. The first-order valence-electron chi connectivity index (χ1n) is 6.02. The van der Waals surface area contributed by atoms with Crippen LogP contribution in [0.5, 0.6) is 0 Å². The lowest BCUT2D eigenvalue weighted by atomic mass is 9.96. The minimum absolute atomic E-state index is 0.133. The van der Waals surface area contributed by atoms with E-state index in [-0.39, 0.29) is 5.41 Å². The van der Waals surface area contributed by atoms with E-state index < -0.39 is 0 Å². The summed E-state index contributed by atoms with van der Waals surface area (Å²) in [6.45, 7) is 6.18. The van der Waals surface area contributed by atoms with Crippen LogP contribution >= 0.6 is 15.9 Å². The van der Waals surface area contributed by atoms with Gasteiger partial charge in [0.2, 0.25) is 0 Å². The standard InChI is InChI=1S/C14H17BrN4/c1-14(2,3)13-18-11(16)8-12(19-13)17-10-6-4-9(15)5-7-10/h4-8H,1-3H3,(H3,16,17,18,19). The molecule has 5 heteroatoms. The molecule has 0 amide bonds. The molecule has 0 fully saturated rings. The van der Waals surface area contributed by atoms with Gasteiger partial charge in [-0.25, -0.2) is 9.97 Å². The Morgan fingerprint density at radius 2 is 1.74 bits per heavy atom. The summed E-state index contributed by atoms with van der Waals surface area (Å²) < 4.78 is 1.04. The van der Waals surface area contributed by atoms with E-state index in [9.17, 15) is 0 Å². The number of anilines is 3. The number of nitrogens with two attached hydrogens (primary N) is 1. The number of nitrogens with one attached hydrogen (secondary N) is 1. The lowest BCUT2D eigenvalue weighted by Gasteiger charge is -2.18. The highest BCUT2D eigenvalue weighted by molar-refractivity contribution is 9.10. The Hall–Kier alpha value is -1.62. The fourth-order valence-corrected chi connectivity index (χ4v) is 1.81. The molecular weight excluding hydrogens is 304 g/mol. The summed E-state index contributed by atoms with van der Waals surface area (Å²) in [4.78, 5) is 8.79. The van der Waals surface area contributed by atoms with Gasteiger partial charge in [-0.15, -0.1) is 0 Å². The summed E-state index contributed by atoms with van der Waals surface area (Å²) in [5.41, 5.74) is 6.66. The maximum atomic E-state index is 5.84. The van der Waals surface area contributed by atoms with Crippen molar-refractivity contribution < 1.29 is 0 Å². The van der Waals surface area contributed by atoms with Crippen LogP contribution in [0.2, 0.25) is 0 Å². The Bertz CT molecular complexity index is 573. The molecule has 19 heavy (non-hydrogen) atoms. The lowest BCUT2D eigenvalue weighted by Crippen LogP contribution is -2.17. The molecule has 0 spiro atoms. The summed E-state index contributed by atoms with van der Waals surface area (Å²) in [6, 6.07) is 9.62. The third-order valence-electron chi connectivity index (χ3n) is 2.53. The Kier molecular flexibility index (Phi) is 3.75. The van der Waals surface area contributed by atoms with Gasteiger partial charge in [-0.2, -0.15) is 0 Å². The first-order valence-corrected chi connectivity index (χ1v) is 6.81. The zero-order valence-corrected chi connectivity index (χ0v) is 12.8. The van der Waals surface area contributed by atoms with Crippen LogP contribution < -0.4 is 11.1 Å². The molecule has 1 heterocycles. The molecule has 0 saturated carbocycles. The van der Waals surface area contributed by atoms with Crippen molar-refractivity contribution >= 4 is 33.3 Å². The van der Waals surface area contributed by atoms with Crippen molar-refractivity contribution in [1.82, 2.24) is 9.97 Å². The monoisotopic (exact) mass is 320 g/mol. The van der Waals surface area contributed by atoms with E-state index in [1.807, 2.05) is 24.3 Å². The maximum absolute atomic E-state index is 5.84.